The summed E-state index contributed by atoms with van der Waals surface area (Å²) in [5.74, 6) is 2.22. The number of hydrogen-bond donors (Lipinski definition) is 3. The summed E-state index contributed by atoms with van der Waals surface area (Å²) in [6, 6.07) is 5.18. The largest absolute Gasteiger partial charge is 0.493 e. The Hall–Kier alpha value is -2.61. The number of amides is 1. The number of aliphatic imine (C=N–C) groups is 1. The summed E-state index contributed by atoms with van der Waals surface area (Å²) in [6.45, 7) is 5.47. The Labute approximate surface area is 180 Å². The molecule has 0 aliphatic heterocycles. The second-order valence-electron chi connectivity index (χ2n) is 7.44. The van der Waals surface area contributed by atoms with Crippen LogP contribution >= 0.6 is 0 Å². The Morgan fingerprint density at radius 2 is 1.87 bits per heavy atom. The van der Waals surface area contributed by atoms with E-state index >= 15 is 0 Å². The predicted molar refractivity (Wildman–Crippen MR) is 121 cm³/mol. The van der Waals surface area contributed by atoms with E-state index in [-0.39, 0.29) is 12.4 Å². The highest BCUT2D eigenvalue weighted by Gasteiger charge is 2.19. The van der Waals surface area contributed by atoms with E-state index in [2.05, 4.69) is 24.2 Å². The van der Waals surface area contributed by atoms with Gasteiger partial charge in [0.25, 0.3) is 5.91 Å². The van der Waals surface area contributed by atoms with Gasteiger partial charge in [-0.25, -0.2) is 0 Å². The lowest BCUT2D eigenvalue weighted by atomic mass is 10.1. The molecule has 1 aromatic carbocycles. The first kappa shape index (κ1) is 27.4. The molecule has 0 spiro atoms. The van der Waals surface area contributed by atoms with Crippen LogP contribution in [-0.4, -0.2) is 46.0 Å². The summed E-state index contributed by atoms with van der Waals surface area (Å²) in [4.78, 5) is 24.5. The standard InChI is InChI=1S/C11H15N3O3.C6H12O.C5H11N/c1-16-8-4-3-7(5-9(8)17-2)6-10(15)14-11(12)13;1-6(2)4-3-5-7;1-6-4-5-2-3-5/h3-5H,6H2,1-2H3,(H4,12,13,14,15);5-6H,3-4H2,1-2H3;5-6H,2-4H2,1H3. The number of carbonyl (C=O) groups excluding carboxylic acids is 2. The molecule has 1 aliphatic rings. The molecule has 8 heteroatoms. The molecule has 1 saturated carbocycles. The van der Waals surface area contributed by atoms with Crippen molar-refractivity contribution in [3.8, 4) is 11.5 Å². The third-order valence-corrected chi connectivity index (χ3v) is 4.11. The van der Waals surface area contributed by atoms with Gasteiger partial charge in [0, 0.05) is 6.42 Å². The summed E-state index contributed by atoms with van der Waals surface area (Å²) >= 11 is 0. The van der Waals surface area contributed by atoms with Gasteiger partial charge in [-0.05, 0) is 62.4 Å². The first-order chi connectivity index (χ1) is 14.3. The van der Waals surface area contributed by atoms with Gasteiger partial charge < -0.3 is 31.1 Å². The van der Waals surface area contributed by atoms with Gasteiger partial charge in [-0.3, -0.25) is 4.79 Å². The van der Waals surface area contributed by atoms with Gasteiger partial charge in [0.2, 0.25) is 0 Å². The maximum absolute atomic E-state index is 11.4. The van der Waals surface area contributed by atoms with Crippen LogP contribution in [-0.2, 0) is 16.0 Å². The number of methoxy groups -OCH3 is 2. The number of nitrogens with zero attached hydrogens (tertiary/aromatic N) is 1. The first-order valence-corrected chi connectivity index (χ1v) is 10.2. The number of benzene rings is 1. The molecule has 0 aromatic heterocycles. The molecule has 1 amide bonds. The highest BCUT2D eigenvalue weighted by atomic mass is 16.5. The molecule has 0 unspecified atom stereocenters. The van der Waals surface area contributed by atoms with Gasteiger partial charge in [-0.2, -0.15) is 4.99 Å². The van der Waals surface area contributed by atoms with Gasteiger partial charge in [0.05, 0.1) is 20.6 Å². The lowest BCUT2D eigenvalue weighted by Crippen LogP contribution is -2.24. The number of carbonyl (C=O) groups is 2. The Kier molecular flexibility index (Phi) is 14.8. The molecule has 1 aliphatic carbocycles. The second-order valence-corrected chi connectivity index (χ2v) is 7.44. The van der Waals surface area contributed by atoms with E-state index in [4.69, 9.17) is 20.9 Å². The number of rotatable bonds is 9. The molecule has 8 nitrogen and oxygen atoms in total. The van der Waals surface area contributed by atoms with Crippen LogP contribution in [0, 0.1) is 11.8 Å². The summed E-state index contributed by atoms with van der Waals surface area (Å²) in [5, 5.41) is 3.13. The maximum Gasteiger partial charge on any atom is 0.253 e. The number of guanidine groups is 1. The van der Waals surface area contributed by atoms with Crippen LogP contribution in [0.3, 0.4) is 0 Å². The topological polar surface area (TPSA) is 129 Å². The molecule has 1 aromatic rings. The number of aldehydes is 1. The fourth-order valence-corrected chi connectivity index (χ4v) is 2.36. The van der Waals surface area contributed by atoms with Crippen molar-refractivity contribution in [1.29, 1.82) is 0 Å². The number of ether oxygens (including phenoxy) is 2. The fourth-order valence-electron chi connectivity index (χ4n) is 2.36. The Morgan fingerprint density at radius 3 is 2.23 bits per heavy atom. The zero-order chi connectivity index (χ0) is 22.9. The van der Waals surface area contributed by atoms with Crippen LogP contribution < -0.4 is 26.3 Å². The number of nitrogens with one attached hydrogen (secondary N) is 1. The maximum atomic E-state index is 11.4. The van der Waals surface area contributed by atoms with Crippen molar-refractivity contribution in [2.24, 2.45) is 28.3 Å². The summed E-state index contributed by atoms with van der Waals surface area (Å²) in [7, 11) is 5.08. The van der Waals surface area contributed by atoms with Crippen LogP contribution in [0.15, 0.2) is 23.2 Å². The number of hydrogen-bond acceptors (Lipinski definition) is 5. The van der Waals surface area contributed by atoms with Crippen LogP contribution in [0.4, 0.5) is 0 Å². The van der Waals surface area contributed by atoms with Gasteiger partial charge in [0.15, 0.2) is 17.5 Å². The van der Waals surface area contributed by atoms with E-state index in [1.165, 1.54) is 26.5 Å². The summed E-state index contributed by atoms with van der Waals surface area (Å²) < 4.78 is 10.2. The summed E-state index contributed by atoms with van der Waals surface area (Å²) in [5.41, 5.74) is 11.0. The van der Waals surface area contributed by atoms with Crippen molar-refractivity contribution < 1.29 is 19.1 Å². The Morgan fingerprint density at radius 1 is 1.23 bits per heavy atom. The van der Waals surface area contributed by atoms with Crippen molar-refractivity contribution in [2.45, 2.75) is 46.0 Å². The third kappa shape index (κ3) is 14.4. The van der Waals surface area contributed by atoms with Crippen molar-refractivity contribution in [1.82, 2.24) is 5.32 Å². The minimum Gasteiger partial charge on any atom is -0.493 e. The van der Waals surface area contributed by atoms with E-state index in [9.17, 15) is 9.59 Å². The second kappa shape index (κ2) is 16.2. The highest BCUT2D eigenvalue weighted by Crippen LogP contribution is 2.28. The zero-order valence-corrected chi connectivity index (χ0v) is 18.9. The van der Waals surface area contributed by atoms with Crippen molar-refractivity contribution in [3.63, 3.8) is 0 Å². The van der Waals surface area contributed by atoms with Crippen LogP contribution in [0.5, 0.6) is 11.5 Å². The Bertz CT molecular complexity index is 655. The monoisotopic (exact) mass is 422 g/mol. The summed E-state index contributed by atoms with van der Waals surface area (Å²) in [6.07, 6.45) is 5.75. The van der Waals surface area contributed by atoms with E-state index in [0.29, 0.717) is 17.4 Å². The van der Waals surface area contributed by atoms with Gasteiger partial charge in [0.1, 0.15) is 6.29 Å². The van der Waals surface area contributed by atoms with Gasteiger partial charge in [-0.1, -0.05) is 19.9 Å². The molecule has 2 rings (SSSR count). The molecule has 30 heavy (non-hydrogen) atoms. The zero-order valence-electron chi connectivity index (χ0n) is 18.9. The van der Waals surface area contributed by atoms with Crippen molar-refractivity contribution in [3.05, 3.63) is 23.8 Å². The molecule has 0 heterocycles. The lowest BCUT2D eigenvalue weighted by molar-refractivity contribution is -0.117. The molecular weight excluding hydrogens is 384 g/mol. The van der Waals surface area contributed by atoms with Gasteiger partial charge >= 0.3 is 0 Å². The average Bonchev–Trinajstić information content (AvgIpc) is 3.51. The highest BCUT2D eigenvalue weighted by molar-refractivity contribution is 5.92. The van der Waals surface area contributed by atoms with Crippen molar-refractivity contribution >= 4 is 18.2 Å². The average molecular weight is 423 g/mol. The lowest BCUT2D eigenvalue weighted by Gasteiger charge is -2.08. The molecule has 0 atom stereocenters. The SMILES string of the molecule is CC(C)CCC=O.CNCC1CC1.COc1ccc(CC(=O)N=C(N)N)cc1OC. The molecule has 1 fully saturated rings. The van der Waals surface area contributed by atoms with Crippen LogP contribution in [0.1, 0.15) is 45.1 Å². The van der Waals surface area contributed by atoms with Crippen LogP contribution in [0.2, 0.25) is 0 Å². The third-order valence-electron chi connectivity index (χ3n) is 4.11. The van der Waals surface area contributed by atoms with Crippen LogP contribution in [0.25, 0.3) is 0 Å². The van der Waals surface area contributed by atoms with Crippen molar-refractivity contribution in [2.75, 3.05) is 27.8 Å². The smallest absolute Gasteiger partial charge is 0.253 e. The minimum absolute atomic E-state index is 0.109. The molecule has 0 bridgehead atoms. The molecular formula is C22H38N4O4. The molecule has 5 N–H and O–H groups in total. The molecule has 0 saturated heterocycles. The number of nitrogens with two attached hydrogens (primary N) is 2. The van der Waals surface area contributed by atoms with E-state index in [0.717, 1.165) is 30.6 Å². The normalized spacial score (nSPS) is 11.9. The van der Waals surface area contributed by atoms with Gasteiger partial charge in [-0.15, -0.1) is 0 Å². The first-order valence-electron chi connectivity index (χ1n) is 10.2. The predicted octanol–water partition coefficient (Wildman–Crippen LogP) is 2.28. The van der Waals surface area contributed by atoms with E-state index in [1.54, 1.807) is 25.3 Å². The van der Waals surface area contributed by atoms with E-state index in [1.807, 2.05) is 7.05 Å². The minimum atomic E-state index is -0.405. The quantitative estimate of drug-likeness (QED) is 0.316. The van der Waals surface area contributed by atoms with E-state index < -0.39 is 5.91 Å². The molecule has 170 valence electrons. The molecule has 0 radical (unpaired) electrons. The fraction of sp³-hybridized carbons (Fsp3) is 0.591. The Balaban J connectivity index is 0.000000527.